The smallest absolute Gasteiger partial charge is 0.227 e. The first-order valence-corrected chi connectivity index (χ1v) is 6.41. The van der Waals surface area contributed by atoms with Gasteiger partial charge in [0.25, 0.3) is 0 Å². The molecule has 0 aliphatic carbocycles. The summed E-state index contributed by atoms with van der Waals surface area (Å²) in [7, 11) is 0. The van der Waals surface area contributed by atoms with Crippen LogP contribution in [0.2, 0.25) is 0 Å². The molecule has 1 aromatic rings. The van der Waals surface area contributed by atoms with Gasteiger partial charge in [0.15, 0.2) is 0 Å². The number of thiol groups is 1. The topological polar surface area (TPSA) is 46.3 Å². The highest BCUT2D eigenvalue weighted by Gasteiger charge is 2.20. The molecule has 1 unspecified atom stereocenters. The van der Waals surface area contributed by atoms with E-state index in [1.807, 2.05) is 29.2 Å². The number of hydrogen-bond acceptors (Lipinski definition) is 3. The van der Waals surface area contributed by atoms with Crippen molar-refractivity contribution in [1.82, 2.24) is 4.90 Å². The third kappa shape index (κ3) is 3.48. The van der Waals surface area contributed by atoms with Gasteiger partial charge in [-0.25, -0.2) is 0 Å². The Balaban J connectivity index is 1.94. The Bertz CT molecular complexity index is 391. The lowest BCUT2D eigenvalue weighted by Crippen LogP contribution is -2.46. The van der Waals surface area contributed by atoms with Crippen molar-refractivity contribution >= 4 is 18.5 Å². The van der Waals surface area contributed by atoms with Gasteiger partial charge >= 0.3 is 0 Å². The Morgan fingerprint density at radius 1 is 1.41 bits per heavy atom. The maximum absolute atomic E-state index is 12.0. The first kappa shape index (κ1) is 12.5. The Labute approximate surface area is 107 Å². The van der Waals surface area contributed by atoms with Crippen LogP contribution >= 0.6 is 12.6 Å². The molecule has 1 aromatic carbocycles. The number of amides is 1. The van der Waals surface area contributed by atoms with E-state index in [-0.39, 0.29) is 11.9 Å². The zero-order valence-electron chi connectivity index (χ0n) is 9.80. The lowest BCUT2D eigenvalue weighted by Gasteiger charge is -2.30. The molecular formula is C13H18N2OS. The molecule has 4 heteroatoms. The molecule has 0 spiro atoms. The maximum atomic E-state index is 12.0. The van der Waals surface area contributed by atoms with Gasteiger partial charge in [-0.3, -0.25) is 4.79 Å². The van der Waals surface area contributed by atoms with Crippen LogP contribution in [0.1, 0.15) is 18.4 Å². The minimum atomic E-state index is 0.146. The molecule has 3 nitrogen and oxygen atoms in total. The standard InChI is InChI=1S/C13H18N2OS/c14-11-2-1-7-15(9-11)13(16)8-10-3-5-12(17)6-4-10/h3-6,11,17H,1-2,7-9,14H2. The van der Waals surface area contributed by atoms with Gasteiger partial charge in [0, 0.05) is 24.0 Å². The summed E-state index contributed by atoms with van der Waals surface area (Å²) < 4.78 is 0. The van der Waals surface area contributed by atoms with Crippen molar-refractivity contribution in [2.45, 2.75) is 30.2 Å². The fraction of sp³-hybridized carbons (Fsp3) is 0.462. The van der Waals surface area contributed by atoms with Crippen molar-refractivity contribution in [2.24, 2.45) is 5.73 Å². The van der Waals surface area contributed by atoms with Gasteiger partial charge in [0.1, 0.15) is 0 Å². The molecule has 0 radical (unpaired) electrons. The molecule has 1 amide bonds. The number of carbonyl (C=O) groups is 1. The molecule has 1 aliphatic rings. The van der Waals surface area contributed by atoms with Crippen LogP contribution in [0.25, 0.3) is 0 Å². The van der Waals surface area contributed by atoms with Crippen LogP contribution in [0, 0.1) is 0 Å². The van der Waals surface area contributed by atoms with Crippen LogP contribution in [0.15, 0.2) is 29.2 Å². The Hall–Kier alpha value is -1.00. The zero-order valence-corrected chi connectivity index (χ0v) is 10.7. The van der Waals surface area contributed by atoms with Gasteiger partial charge in [0.2, 0.25) is 5.91 Å². The van der Waals surface area contributed by atoms with E-state index in [0.717, 1.165) is 29.8 Å². The molecule has 1 saturated heterocycles. The first-order chi connectivity index (χ1) is 8.15. The molecule has 92 valence electrons. The lowest BCUT2D eigenvalue weighted by molar-refractivity contribution is -0.131. The van der Waals surface area contributed by atoms with Crippen molar-refractivity contribution in [2.75, 3.05) is 13.1 Å². The van der Waals surface area contributed by atoms with E-state index in [4.69, 9.17) is 5.73 Å². The number of rotatable bonds is 2. The normalized spacial score (nSPS) is 20.4. The summed E-state index contributed by atoms with van der Waals surface area (Å²) in [5, 5.41) is 0. The van der Waals surface area contributed by atoms with Crippen LogP contribution < -0.4 is 5.73 Å². The average molecular weight is 250 g/mol. The summed E-state index contributed by atoms with van der Waals surface area (Å²) in [4.78, 5) is 14.8. The fourth-order valence-corrected chi connectivity index (χ4v) is 2.29. The molecular weight excluding hydrogens is 232 g/mol. The summed E-state index contributed by atoms with van der Waals surface area (Å²) in [6.45, 7) is 1.54. The first-order valence-electron chi connectivity index (χ1n) is 5.96. The number of carbonyl (C=O) groups excluding carboxylic acids is 1. The van der Waals surface area contributed by atoms with Gasteiger partial charge in [-0.2, -0.15) is 0 Å². The summed E-state index contributed by atoms with van der Waals surface area (Å²) in [5.41, 5.74) is 6.91. The van der Waals surface area contributed by atoms with Crippen LogP contribution in [0.4, 0.5) is 0 Å². The molecule has 1 aliphatic heterocycles. The van der Waals surface area contributed by atoms with Crippen molar-refractivity contribution in [3.8, 4) is 0 Å². The molecule has 2 N–H and O–H groups in total. The molecule has 0 aromatic heterocycles. The van der Waals surface area contributed by atoms with Gasteiger partial charge in [-0.05, 0) is 30.5 Å². The lowest BCUT2D eigenvalue weighted by atomic mass is 10.1. The highest BCUT2D eigenvalue weighted by molar-refractivity contribution is 7.80. The van der Waals surface area contributed by atoms with Crippen molar-refractivity contribution < 1.29 is 4.79 Å². The van der Waals surface area contributed by atoms with Gasteiger partial charge < -0.3 is 10.6 Å². The molecule has 1 heterocycles. The van der Waals surface area contributed by atoms with Gasteiger partial charge in [-0.15, -0.1) is 12.6 Å². The molecule has 1 atom stereocenters. The van der Waals surface area contributed by atoms with Gasteiger partial charge in [-0.1, -0.05) is 12.1 Å². The minimum Gasteiger partial charge on any atom is -0.341 e. The van der Waals surface area contributed by atoms with Crippen molar-refractivity contribution in [1.29, 1.82) is 0 Å². The van der Waals surface area contributed by atoms with E-state index in [1.165, 1.54) is 0 Å². The van der Waals surface area contributed by atoms with E-state index in [9.17, 15) is 4.79 Å². The predicted molar refractivity (Wildman–Crippen MR) is 71.2 cm³/mol. The van der Waals surface area contributed by atoms with E-state index in [0.29, 0.717) is 13.0 Å². The van der Waals surface area contributed by atoms with E-state index in [1.54, 1.807) is 0 Å². The SMILES string of the molecule is NC1CCCN(C(=O)Cc2ccc(S)cc2)C1. The van der Waals surface area contributed by atoms with Gasteiger partial charge in [0.05, 0.1) is 6.42 Å². The van der Waals surface area contributed by atoms with Crippen LogP contribution in [0.5, 0.6) is 0 Å². The Kier molecular flexibility index (Phi) is 4.07. The largest absolute Gasteiger partial charge is 0.341 e. The molecule has 17 heavy (non-hydrogen) atoms. The van der Waals surface area contributed by atoms with Crippen LogP contribution in [0.3, 0.4) is 0 Å². The number of benzene rings is 1. The highest BCUT2D eigenvalue weighted by Crippen LogP contribution is 2.12. The predicted octanol–water partition coefficient (Wildman–Crippen LogP) is 1.47. The summed E-state index contributed by atoms with van der Waals surface area (Å²) in [5.74, 6) is 0.173. The summed E-state index contributed by atoms with van der Waals surface area (Å²) in [6.07, 6.45) is 2.50. The quantitative estimate of drug-likeness (QED) is 0.781. The highest BCUT2D eigenvalue weighted by atomic mass is 32.1. The number of nitrogens with two attached hydrogens (primary N) is 1. The molecule has 2 rings (SSSR count). The second-order valence-corrected chi connectivity index (χ2v) is 5.10. The minimum absolute atomic E-state index is 0.146. The van der Waals surface area contributed by atoms with Crippen molar-refractivity contribution in [3.63, 3.8) is 0 Å². The number of hydrogen-bond donors (Lipinski definition) is 2. The molecule has 1 fully saturated rings. The Morgan fingerprint density at radius 3 is 2.76 bits per heavy atom. The van der Waals surface area contributed by atoms with Crippen LogP contribution in [-0.4, -0.2) is 29.9 Å². The molecule has 0 saturated carbocycles. The zero-order chi connectivity index (χ0) is 12.3. The van der Waals surface area contributed by atoms with E-state index < -0.39 is 0 Å². The van der Waals surface area contributed by atoms with E-state index >= 15 is 0 Å². The third-order valence-electron chi connectivity index (χ3n) is 3.10. The monoisotopic (exact) mass is 250 g/mol. The van der Waals surface area contributed by atoms with Crippen molar-refractivity contribution in [3.05, 3.63) is 29.8 Å². The number of nitrogens with zero attached hydrogens (tertiary/aromatic N) is 1. The average Bonchev–Trinajstić information content (AvgIpc) is 2.32. The number of piperidine rings is 1. The molecule has 0 bridgehead atoms. The second-order valence-electron chi connectivity index (χ2n) is 4.59. The second kappa shape index (κ2) is 5.56. The Morgan fingerprint density at radius 2 is 2.12 bits per heavy atom. The van der Waals surface area contributed by atoms with Crippen LogP contribution in [-0.2, 0) is 11.2 Å². The van der Waals surface area contributed by atoms with E-state index in [2.05, 4.69) is 12.6 Å². The fourth-order valence-electron chi connectivity index (χ4n) is 2.14. The number of likely N-dealkylation sites (tertiary alicyclic amines) is 1. The third-order valence-corrected chi connectivity index (χ3v) is 3.40. The summed E-state index contributed by atoms with van der Waals surface area (Å²) in [6, 6.07) is 7.86. The summed E-state index contributed by atoms with van der Waals surface area (Å²) >= 11 is 4.22. The maximum Gasteiger partial charge on any atom is 0.227 e.